The molecule has 408 valence electrons. The molecule has 12 heteroatoms. The molecule has 0 heterocycles. The van der Waals surface area contributed by atoms with Crippen LogP contribution in [0, 0.1) is 44.9 Å². The lowest BCUT2D eigenvalue weighted by molar-refractivity contribution is 0.0190. The van der Waals surface area contributed by atoms with Gasteiger partial charge in [0.25, 0.3) is 0 Å². The summed E-state index contributed by atoms with van der Waals surface area (Å²) in [4.78, 5) is 51.1. The molecule has 12 nitrogen and oxygen atoms in total. The van der Waals surface area contributed by atoms with E-state index < -0.39 is 47.0 Å². The van der Waals surface area contributed by atoms with E-state index in [4.69, 9.17) is 37.9 Å². The Morgan fingerprint density at radius 3 is 1.04 bits per heavy atom. The lowest BCUT2D eigenvalue weighted by Gasteiger charge is -2.52. The van der Waals surface area contributed by atoms with Crippen LogP contribution in [0.3, 0.4) is 0 Å². The Bertz CT molecular complexity index is 2580. The number of aryl methyl sites for hydroxylation is 4. The van der Waals surface area contributed by atoms with E-state index in [1.165, 1.54) is 0 Å². The zero-order chi connectivity index (χ0) is 55.7. The van der Waals surface area contributed by atoms with Gasteiger partial charge in [0.1, 0.15) is 45.4 Å². The number of ether oxygens (including phenoxy) is 8. The first kappa shape index (κ1) is 58.2. The fourth-order valence-corrected chi connectivity index (χ4v) is 11.3. The fraction of sp³-hybridized carbons (Fsp3) is 0.556. The van der Waals surface area contributed by atoms with E-state index in [9.17, 15) is 19.2 Å². The normalized spacial score (nSPS) is 18.6. The van der Waals surface area contributed by atoms with Gasteiger partial charge in [-0.2, -0.15) is 0 Å². The lowest BCUT2D eigenvalue weighted by Crippen LogP contribution is -2.43. The van der Waals surface area contributed by atoms with Crippen LogP contribution in [-0.4, -0.2) is 47.0 Å². The van der Waals surface area contributed by atoms with Crippen LogP contribution >= 0.6 is 0 Å². The summed E-state index contributed by atoms with van der Waals surface area (Å²) < 4.78 is 44.8. The molecule has 0 aliphatic heterocycles. The molecule has 4 aromatic carbocycles. The van der Waals surface area contributed by atoms with E-state index in [2.05, 4.69) is 62.4 Å². The lowest BCUT2D eigenvalue weighted by atomic mass is 9.53. The molecule has 0 bridgehead atoms. The monoisotopic (exact) mass is 1030 g/mol. The van der Waals surface area contributed by atoms with Gasteiger partial charge in [0.15, 0.2) is 0 Å². The van der Waals surface area contributed by atoms with Gasteiger partial charge in [-0.15, -0.1) is 0 Å². The van der Waals surface area contributed by atoms with Gasteiger partial charge in [0.05, 0.1) is 0 Å². The molecule has 6 rings (SSSR count). The van der Waals surface area contributed by atoms with Gasteiger partial charge in [-0.25, -0.2) is 19.2 Å². The van der Waals surface area contributed by atoms with E-state index >= 15 is 0 Å². The molecular weight excluding hydrogens is 949 g/mol. The van der Waals surface area contributed by atoms with Crippen LogP contribution in [0.15, 0.2) is 72.8 Å². The standard InChI is InChI=1S/C63H84O12/c1-39-35-46(21-25-50(39)69-54(65)73-58(8,9)10)63(47-22-26-51(40(2)36-47)70-55(66)74-59(11,12)13)33-29-44(30-34-63)61(17,18)43-27-31-62(32-28-43,45-19-23-49(24-20-45)68-53(64)72-57(5,6)7)48-37-41(3)52(42(4)38-48)71-56(67)75-60(14,15)16/h19-26,35-38,43-44H,27-34H2,1-18H3. The Morgan fingerprint density at radius 2 is 0.693 bits per heavy atom. The van der Waals surface area contributed by atoms with Crippen molar-refractivity contribution >= 4 is 24.6 Å². The molecular formula is C63H84O12. The highest BCUT2D eigenvalue weighted by molar-refractivity contribution is 5.68. The van der Waals surface area contributed by atoms with Crippen molar-refractivity contribution in [3.63, 3.8) is 0 Å². The van der Waals surface area contributed by atoms with Gasteiger partial charge in [0.2, 0.25) is 0 Å². The van der Waals surface area contributed by atoms with E-state index in [1.54, 1.807) is 20.8 Å². The number of rotatable bonds is 10. The predicted octanol–water partition coefficient (Wildman–Crippen LogP) is 16.9. The van der Waals surface area contributed by atoms with Gasteiger partial charge in [-0.3, -0.25) is 0 Å². The molecule has 75 heavy (non-hydrogen) atoms. The maximum absolute atomic E-state index is 12.9. The molecule has 0 spiro atoms. The second kappa shape index (κ2) is 21.9. The van der Waals surface area contributed by atoms with Gasteiger partial charge < -0.3 is 37.9 Å². The van der Waals surface area contributed by atoms with Crippen LogP contribution in [0.4, 0.5) is 19.2 Å². The second-order valence-electron chi connectivity index (χ2n) is 25.7. The summed E-state index contributed by atoms with van der Waals surface area (Å²) in [5.74, 6) is 2.64. The van der Waals surface area contributed by atoms with Crippen molar-refractivity contribution in [1.29, 1.82) is 0 Å². The van der Waals surface area contributed by atoms with Crippen molar-refractivity contribution < 1.29 is 57.1 Å². The number of carbonyl (C=O) groups excluding carboxylic acids is 4. The minimum Gasteiger partial charge on any atom is -0.428 e. The van der Waals surface area contributed by atoms with Crippen molar-refractivity contribution in [1.82, 2.24) is 0 Å². The van der Waals surface area contributed by atoms with Gasteiger partial charge in [-0.05, 0) is 248 Å². The minimum absolute atomic E-state index is 0.0115. The quantitative estimate of drug-likeness (QED) is 0.0847. The third-order valence-electron chi connectivity index (χ3n) is 15.0. The topological polar surface area (TPSA) is 142 Å². The van der Waals surface area contributed by atoms with Gasteiger partial charge >= 0.3 is 24.6 Å². The molecule has 0 radical (unpaired) electrons. The Kier molecular flexibility index (Phi) is 17.0. The van der Waals surface area contributed by atoms with Crippen molar-refractivity contribution in [3.8, 4) is 23.0 Å². The number of carbonyl (C=O) groups is 4. The number of hydrogen-bond acceptors (Lipinski definition) is 12. The average molecular weight is 1030 g/mol. The van der Waals surface area contributed by atoms with E-state index in [0.717, 1.165) is 95.9 Å². The maximum Gasteiger partial charge on any atom is 0.514 e. The third-order valence-corrected chi connectivity index (χ3v) is 15.0. The summed E-state index contributed by atoms with van der Waals surface area (Å²) in [6.45, 7) is 34.5. The fourth-order valence-electron chi connectivity index (χ4n) is 11.3. The van der Waals surface area contributed by atoms with Crippen molar-refractivity contribution in [3.05, 3.63) is 117 Å². The Hall–Kier alpha value is -6.04. The summed E-state index contributed by atoms with van der Waals surface area (Å²) in [6.07, 6.45) is 4.45. The predicted molar refractivity (Wildman–Crippen MR) is 291 cm³/mol. The smallest absolute Gasteiger partial charge is 0.428 e. The molecule has 0 N–H and O–H groups in total. The summed E-state index contributed by atoms with van der Waals surface area (Å²) >= 11 is 0. The minimum atomic E-state index is -0.754. The first-order chi connectivity index (χ1) is 34.6. The van der Waals surface area contributed by atoms with Crippen LogP contribution in [0.2, 0.25) is 0 Å². The van der Waals surface area contributed by atoms with E-state index in [1.807, 2.05) is 114 Å². The summed E-state index contributed by atoms with van der Waals surface area (Å²) in [7, 11) is 0. The summed E-state index contributed by atoms with van der Waals surface area (Å²) in [6, 6.07) is 24.3. The molecule has 0 unspecified atom stereocenters. The molecule has 2 aliphatic rings. The van der Waals surface area contributed by atoms with Crippen LogP contribution in [0.25, 0.3) is 0 Å². The Morgan fingerprint density at radius 1 is 0.387 bits per heavy atom. The van der Waals surface area contributed by atoms with Gasteiger partial charge in [0, 0.05) is 10.8 Å². The van der Waals surface area contributed by atoms with Crippen LogP contribution in [0.5, 0.6) is 23.0 Å². The molecule has 0 atom stereocenters. The Balaban J connectivity index is 1.29. The van der Waals surface area contributed by atoms with Crippen molar-refractivity contribution in [2.24, 2.45) is 17.3 Å². The number of benzene rings is 4. The largest absolute Gasteiger partial charge is 0.514 e. The molecule has 0 saturated heterocycles. The summed E-state index contributed by atoms with van der Waals surface area (Å²) in [5.41, 5.74) is 4.30. The van der Waals surface area contributed by atoms with Gasteiger partial charge in [-0.1, -0.05) is 62.4 Å². The first-order valence-electron chi connectivity index (χ1n) is 26.7. The second-order valence-corrected chi connectivity index (χ2v) is 25.7. The molecule has 2 saturated carbocycles. The third kappa shape index (κ3) is 14.7. The molecule has 2 fully saturated rings. The van der Waals surface area contributed by atoms with Crippen molar-refractivity contribution in [2.45, 2.75) is 209 Å². The van der Waals surface area contributed by atoms with E-state index in [-0.39, 0.29) is 16.2 Å². The maximum atomic E-state index is 12.9. The highest BCUT2D eigenvalue weighted by Gasteiger charge is 2.48. The van der Waals surface area contributed by atoms with Crippen LogP contribution in [0.1, 0.15) is 193 Å². The van der Waals surface area contributed by atoms with Crippen LogP contribution < -0.4 is 18.9 Å². The van der Waals surface area contributed by atoms with Crippen molar-refractivity contribution in [2.75, 3.05) is 0 Å². The molecule has 0 aromatic heterocycles. The zero-order valence-corrected chi connectivity index (χ0v) is 48.1. The zero-order valence-electron chi connectivity index (χ0n) is 48.1. The molecule has 2 aliphatic carbocycles. The number of hydrogen-bond donors (Lipinski definition) is 0. The molecule has 4 aromatic rings. The highest BCUT2D eigenvalue weighted by atomic mass is 16.7. The Labute approximate surface area is 446 Å². The first-order valence-corrected chi connectivity index (χ1v) is 26.7. The van der Waals surface area contributed by atoms with E-state index in [0.29, 0.717) is 34.8 Å². The molecule has 0 amide bonds. The summed E-state index contributed by atoms with van der Waals surface area (Å²) in [5, 5.41) is 0. The SMILES string of the molecule is Cc1cc(C2(c3ccc(OC(=O)OC(C)(C)C)c(C)c3)CCC(C(C)(C)C3CCC(c4ccc(OC(=O)OC(C)(C)C)cc4)(c4cc(C)c(OC(=O)OC(C)(C)C)c(C)c4)CC3)CC2)ccc1OC(=O)OC(C)(C)C. The average Bonchev–Trinajstić information content (AvgIpc) is 3.26. The highest BCUT2D eigenvalue weighted by Crippen LogP contribution is 2.58. The van der Waals surface area contributed by atoms with Crippen LogP contribution in [-0.2, 0) is 29.8 Å².